The number of carbonyl (C=O) groups is 2. The lowest BCUT2D eigenvalue weighted by atomic mass is 10.1. The molecule has 3 aromatic carbocycles. The quantitative estimate of drug-likeness (QED) is 0.208. The van der Waals surface area contributed by atoms with E-state index in [9.17, 15) is 29.8 Å². The van der Waals surface area contributed by atoms with E-state index in [1.807, 2.05) is 0 Å². The highest BCUT2D eigenvalue weighted by molar-refractivity contribution is 6.42. The Morgan fingerprint density at radius 2 is 1.09 bits per heavy atom. The lowest BCUT2D eigenvalue weighted by Crippen LogP contribution is -2.37. The van der Waals surface area contributed by atoms with E-state index in [1.54, 1.807) is 0 Å². The van der Waals surface area contributed by atoms with Gasteiger partial charge in [-0.2, -0.15) is 0 Å². The summed E-state index contributed by atoms with van der Waals surface area (Å²) in [5, 5.41) is 22.0. The molecule has 0 radical (unpaired) electrons. The molecule has 0 aliphatic carbocycles. The lowest BCUT2D eigenvalue weighted by molar-refractivity contribution is -0.385. The molecular weight excluding hydrogens is 520 g/mol. The molecule has 33 heavy (non-hydrogen) atoms. The van der Waals surface area contributed by atoms with Crippen molar-refractivity contribution in [1.29, 1.82) is 0 Å². The number of nitrogens with zero attached hydrogens (tertiary/aromatic N) is 3. The molecule has 0 atom stereocenters. The third-order valence-corrected chi connectivity index (χ3v) is 5.55. The van der Waals surface area contributed by atoms with Crippen LogP contribution in [0.3, 0.4) is 0 Å². The van der Waals surface area contributed by atoms with Crippen LogP contribution in [0.5, 0.6) is 0 Å². The molecule has 0 spiro atoms. The van der Waals surface area contributed by atoms with Crippen LogP contribution in [0.2, 0.25) is 20.1 Å². The van der Waals surface area contributed by atoms with Crippen LogP contribution in [-0.2, 0) is 0 Å². The summed E-state index contributed by atoms with van der Waals surface area (Å²) in [5.41, 5.74) is -1.89. The number of nitro benzene ring substituents is 2. The van der Waals surface area contributed by atoms with Crippen LogP contribution in [-0.4, -0.2) is 21.7 Å². The van der Waals surface area contributed by atoms with Crippen LogP contribution in [0.4, 0.5) is 17.1 Å². The summed E-state index contributed by atoms with van der Waals surface area (Å²) < 4.78 is 0. The number of amides is 2. The number of nitro groups is 2. The molecule has 0 aliphatic heterocycles. The predicted molar refractivity (Wildman–Crippen MR) is 124 cm³/mol. The van der Waals surface area contributed by atoms with E-state index in [0.717, 1.165) is 36.4 Å². The van der Waals surface area contributed by atoms with Crippen molar-refractivity contribution in [3.63, 3.8) is 0 Å². The van der Waals surface area contributed by atoms with Gasteiger partial charge in [-0.25, -0.2) is 4.90 Å². The number of halogens is 4. The van der Waals surface area contributed by atoms with Crippen LogP contribution in [0.1, 0.15) is 20.7 Å². The third kappa shape index (κ3) is 5.07. The van der Waals surface area contributed by atoms with Gasteiger partial charge in [-0.1, -0.05) is 46.4 Å². The number of non-ortho nitro benzene ring substituents is 2. The zero-order valence-electron chi connectivity index (χ0n) is 16.0. The van der Waals surface area contributed by atoms with Crippen LogP contribution >= 0.6 is 46.4 Å². The number of carbonyl (C=O) groups excluding carboxylic acids is 2. The summed E-state index contributed by atoms with van der Waals surface area (Å²) in [6, 6.07) is 10.1. The minimum absolute atomic E-state index is 0.0794. The number of benzene rings is 3. The summed E-state index contributed by atoms with van der Waals surface area (Å²) in [6.45, 7) is 0. The highest BCUT2D eigenvalue weighted by atomic mass is 35.5. The highest BCUT2D eigenvalue weighted by Crippen LogP contribution is 2.34. The Kier molecular flexibility index (Phi) is 7.19. The van der Waals surface area contributed by atoms with Crippen LogP contribution < -0.4 is 4.90 Å². The van der Waals surface area contributed by atoms with Crippen LogP contribution in [0.25, 0.3) is 0 Å². The first-order chi connectivity index (χ1) is 15.5. The zero-order chi connectivity index (χ0) is 24.4. The molecule has 2 amide bonds. The van der Waals surface area contributed by atoms with Gasteiger partial charge in [0, 0.05) is 29.3 Å². The molecule has 9 nitrogen and oxygen atoms in total. The normalized spacial score (nSPS) is 10.5. The molecule has 0 fully saturated rings. The van der Waals surface area contributed by atoms with Crippen LogP contribution in [0.15, 0.2) is 54.6 Å². The van der Waals surface area contributed by atoms with Crippen molar-refractivity contribution < 1.29 is 19.4 Å². The Labute approximate surface area is 205 Å². The van der Waals surface area contributed by atoms with Crippen molar-refractivity contribution >= 4 is 75.3 Å². The SMILES string of the molecule is O=C(c1cc([N+](=O)[O-])ccc1Cl)N(C(=O)c1cc([N+](=O)[O-])ccc1Cl)c1cc(Cl)ccc1Cl. The van der Waals surface area contributed by atoms with Gasteiger partial charge in [0.15, 0.2) is 0 Å². The average molecular weight is 529 g/mol. The van der Waals surface area contributed by atoms with E-state index in [1.165, 1.54) is 18.2 Å². The summed E-state index contributed by atoms with van der Waals surface area (Å²) in [4.78, 5) is 48.3. The molecule has 0 heterocycles. The molecule has 0 aliphatic rings. The predicted octanol–water partition coefficient (Wildman–Crippen LogP) is 6.60. The van der Waals surface area contributed by atoms with Gasteiger partial charge in [0.2, 0.25) is 0 Å². The minimum Gasteiger partial charge on any atom is -0.268 e. The van der Waals surface area contributed by atoms with Gasteiger partial charge in [0.1, 0.15) is 0 Å². The first kappa shape index (κ1) is 24.4. The van der Waals surface area contributed by atoms with E-state index in [2.05, 4.69) is 0 Å². The van der Waals surface area contributed by atoms with Gasteiger partial charge in [0.05, 0.1) is 41.7 Å². The van der Waals surface area contributed by atoms with Crippen molar-refractivity contribution in [3.05, 3.63) is 106 Å². The van der Waals surface area contributed by atoms with Gasteiger partial charge >= 0.3 is 0 Å². The highest BCUT2D eigenvalue weighted by Gasteiger charge is 2.32. The Morgan fingerprint density at radius 3 is 1.52 bits per heavy atom. The lowest BCUT2D eigenvalue weighted by Gasteiger charge is -2.23. The Hall–Kier alpha value is -3.24. The first-order valence-corrected chi connectivity index (χ1v) is 10.2. The van der Waals surface area contributed by atoms with E-state index in [-0.39, 0.29) is 25.8 Å². The van der Waals surface area contributed by atoms with Gasteiger partial charge < -0.3 is 0 Å². The molecule has 168 valence electrons. The molecule has 0 N–H and O–H groups in total. The zero-order valence-corrected chi connectivity index (χ0v) is 19.0. The van der Waals surface area contributed by atoms with E-state index >= 15 is 0 Å². The summed E-state index contributed by atoms with van der Waals surface area (Å²) in [6.07, 6.45) is 0. The molecule has 0 saturated carbocycles. The van der Waals surface area contributed by atoms with Gasteiger partial charge in [0.25, 0.3) is 23.2 Å². The van der Waals surface area contributed by atoms with Crippen molar-refractivity contribution in [1.82, 2.24) is 0 Å². The van der Waals surface area contributed by atoms with E-state index < -0.39 is 44.2 Å². The molecule has 13 heteroatoms. The molecule has 0 unspecified atom stereocenters. The number of imide groups is 1. The molecular formula is C20H9Cl4N3O6. The van der Waals surface area contributed by atoms with Gasteiger partial charge in [-0.05, 0) is 30.3 Å². The van der Waals surface area contributed by atoms with E-state index in [0.29, 0.717) is 4.90 Å². The second kappa shape index (κ2) is 9.72. The Bertz CT molecular complexity index is 1260. The second-order valence-corrected chi connectivity index (χ2v) is 8.04. The van der Waals surface area contributed by atoms with Gasteiger partial charge in [-0.15, -0.1) is 0 Å². The Balaban J connectivity index is 2.25. The largest absolute Gasteiger partial charge is 0.270 e. The number of rotatable bonds is 5. The van der Waals surface area contributed by atoms with Crippen molar-refractivity contribution in [2.45, 2.75) is 0 Å². The van der Waals surface area contributed by atoms with Crippen LogP contribution in [0, 0.1) is 20.2 Å². The number of hydrogen-bond donors (Lipinski definition) is 0. The average Bonchev–Trinajstić information content (AvgIpc) is 2.76. The number of hydrogen-bond acceptors (Lipinski definition) is 6. The first-order valence-electron chi connectivity index (χ1n) is 8.73. The van der Waals surface area contributed by atoms with E-state index in [4.69, 9.17) is 46.4 Å². The van der Waals surface area contributed by atoms with Crippen molar-refractivity contribution in [3.8, 4) is 0 Å². The van der Waals surface area contributed by atoms with Crippen molar-refractivity contribution in [2.24, 2.45) is 0 Å². The maximum atomic E-state index is 13.5. The standard InChI is InChI=1S/C20H9Cl4N3O6/c21-10-1-4-17(24)18(7-10)25(19(28)13-8-11(26(30)31)2-5-15(13)22)20(29)14-9-12(27(32)33)3-6-16(14)23/h1-9H. The molecule has 0 saturated heterocycles. The smallest absolute Gasteiger partial charge is 0.268 e. The topological polar surface area (TPSA) is 124 Å². The fourth-order valence-electron chi connectivity index (χ4n) is 2.79. The monoisotopic (exact) mass is 527 g/mol. The summed E-state index contributed by atoms with van der Waals surface area (Å²) in [7, 11) is 0. The fourth-order valence-corrected chi connectivity index (χ4v) is 3.56. The maximum absolute atomic E-state index is 13.5. The number of anilines is 1. The summed E-state index contributed by atoms with van der Waals surface area (Å²) >= 11 is 24.4. The maximum Gasteiger partial charge on any atom is 0.270 e. The summed E-state index contributed by atoms with van der Waals surface area (Å²) in [5.74, 6) is -2.19. The molecule has 0 aromatic heterocycles. The fraction of sp³-hybridized carbons (Fsp3) is 0. The third-order valence-electron chi connectivity index (χ3n) is 4.34. The van der Waals surface area contributed by atoms with Gasteiger partial charge in [-0.3, -0.25) is 29.8 Å². The second-order valence-electron chi connectivity index (χ2n) is 6.38. The molecule has 0 bridgehead atoms. The molecule has 3 rings (SSSR count). The minimum atomic E-state index is -1.10. The Morgan fingerprint density at radius 1 is 0.667 bits per heavy atom. The van der Waals surface area contributed by atoms with Crippen molar-refractivity contribution in [2.75, 3.05) is 4.90 Å². The molecule has 3 aromatic rings.